The highest BCUT2D eigenvalue weighted by Crippen LogP contribution is 2.38. The Kier molecular flexibility index (Phi) is 6.44. The Morgan fingerprint density at radius 3 is 2.62 bits per heavy atom. The maximum atomic E-state index is 12.6. The first-order valence-corrected chi connectivity index (χ1v) is 10.9. The molecule has 4 rings (SSSR count). The van der Waals surface area contributed by atoms with E-state index in [0.29, 0.717) is 29.8 Å². The summed E-state index contributed by atoms with van der Waals surface area (Å²) in [5, 5.41) is 7.28. The quantitative estimate of drug-likeness (QED) is 0.341. The summed E-state index contributed by atoms with van der Waals surface area (Å²) in [5.41, 5.74) is 8.99. The fraction of sp³-hybridized carbons (Fsp3) is 0.0833. The molecule has 0 fully saturated rings. The highest BCUT2D eigenvalue weighted by molar-refractivity contribution is 7.99. The topological polar surface area (TPSA) is 113 Å². The molecule has 3 aromatic rings. The Morgan fingerprint density at radius 2 is 1.84 bits per heavy atom. The minimum absolute atomic E-state index is 0.175. The van der Waals surface area contributed by atoms with Gasteiger partial charge in [0.15, 0.2) is 0 Å². The molecule has 1 aliphatic heterocycles. The molecule has 1 heterocycles. The molecule has 32 heavy (non-hydrogen) atoms. The molecule has 7 nitrogen and oxygen atoms in total. The van der Waals surface area contributed by atoms with Crippen molar-refractivity contribution >= 4 is 35.0 Å². The van der Waals surface area contributed by atoms with E-state index >= 15 is 0 Å². The van der Waals surface area contributed by atoms with Gasteiger partial charge in [-0.25, -0.2) is 5.84 Å². The molecule has 0 radical (unpaired) electrons. The van der Waals surface area contributed by atoms with E-state index in [0.717, 1.165) is 21.0 Å². The third-order valence-corrected chi connectivity index (χ3v) is 6.17. The zero-order valence-electron chi connectivity index (χ0n) is 17.2. The lowest BCUT2D eigenvalue weighted by molar-refractivity contribution is 0.0952. The molecule has 3 aromatic carbocycles. The standard InChI is InChI=1S/C24H23N5O2S/c25-12-14-29(26)18-8-5-16(6-9-18)11-13-27-23(30)17-7-10-22-20(15-17)28-24(31)19-3-1-2-4-21(19)32-22/h1-10,12,14-15H,11,13,25-26H2,(H,27,30)(H,28,31)/b14-12-. The van der Waals surface area contributed by atoms with Gasteiger partial charge in [0.1, 0.15) is 0 Å². The van der Waals surface area contributed by atoms with Gasteiger partial charge in [0, 0.05) is 34.3 Å². The monoisotopic (exact) mass is 445 g/mol. The Morgan fingerprint density at radius 1 is 1.06 bits per heavy atom. The molecular weight excluding hydrogens is 422 g/mol. The number of hydrogen-bond acceptors (Lipinski definition) is 6. The third kappa shape index (κ3) is 4.77. The van der Waals surface area contributed by atoms with E-state index in [9.17, 15) is 9.59 Å². The Hall–Kier alpha value is -3.75. The summed E-state index contributed by atoms with van der Waals surface area (Å²) in [4.78, 5) is 27.0. The minimum Gasteiger partial charge on any atom is -0.403 e. The SMILES string of the molecule is N/C=C\N(N)c1ccc(CCNC(=O)c2ccc3c(c2)NC(=O)c2ccccc2S3)cc1. The summed E-state index contributed by atoms with van der Waals surface area (Å²) in [5.74, 6) is 5.47. The molecule has 0 bridgehead atoms. The van der Waals surface area contributed by atoms with Crippen LogP contribution in [0.3, 0.4) is 0 Å². The van der Waals surface area contributed by atoms with Crippen molar-refractivity contribution in [3.8, 4) is 0 Å². The van der Waals surface area contributed by atoms with Crippen LogP contribution in [-0.2, 0) is 6.42 Å². The number of fused-ring (bicyclic) bond motifs is 2. The molecule has 0 aromatic heterocycles. The number of nitrogens with zero attached hydrogens (tertiary/aromatic N) is 1. The van der Waals surface area contributed by atoms with Crippen LogP contribution >= 0.6 is 11.8 Å². The molecule has 2 amide bonds. The second-order valence-corrected chi connectivity index (χ2v) is 8.27. The van der Waals surface area contributed by atoms with Crippen molar-refractivity contribution in [2.24, 2.45) is 11.6 Å². The van der Waals surface area contributed by atoms with Gasteiger partial charge in [0.25, 0.3) is 11.8 Å². The number of rotatable bonds is 6. The zero-order chi connectivity index (χ0) is 22.5. The number of amides is 2. The summed E-state index contributed by atoms with van der Waals surface area (Å²) in [6.45, 7) is 0.483. The fourth-order valence-corrected chi connectivity index (χ4v) is 4.36. The number of carbonyl (C=O) groups excluding carboxylic acids is 2. The number of carbonyl (C=O) groups is 2. The summed E-state index contributed by atoms with van der Waals surface area (Å²) >= 11 is 1.51. The summed E-state index contributed by atoms with van der Waals surface area (Å²) < 4.78 is 0. The second-order valence-electron chi connectivity index (χ2n) is 7.18. The van der Waals surface area contributed by atoms with Gasteiger partial charge in [0.2, 0.25) is 0 Å². The number of nitrogens with one attached hydrogen (secondary N) is 2. The van der Waals surface area contributed by atoms with E-state index < -0.39 is 0 Å². The molecule has 6 N–H and O–H groups in total. The van der Waals surface area contributed by atoms with Crippen LogP contribution in [0.5, 0.6) is 0 Å². The highest BCUT2D eigenvalue weighted by Gasteiger charge is 2.20. The Balaban J connectivity index is 1.38. The molecular formula is C24H23N5O2S. The van der Waals surface area contributed by atoms with Crippen LogP contribution in [0.1, 0.15) is 26.3 Å². The number of benzene rings is 3. The first-order chi connectivity index (χ1) is 15.5. The Labute approximate surface area is 190 Å². The van der Waals surface area contributed by atoms with E-state index in [1.807, 2.05) is 48.5 Å². The number of anilines is 2. The van der Waals surface area contributed by atoms with Gasteiger partial charge >= 0.3 is 0 Å². The first kappa shape index (κ1) is 21.5. The minimum atomic E-state index is -0.188. The van der Waals surface area contributed by atoms with Gasteiger partial charge in [-0.2, -0.15) is 0 Å². The van der Waals surface area contributed by atoms with Crippen LogP contribution in [0.4, 0.5) is 11.4 Å². The normalized spacial score (nSPS) is 12.5. The molecule has 1 aliphatic rings. The van der Waals surface area contributed by atoms with E-state index in [-0.39, 0.29) is 11.8 Å². The van der Waals surface area contributed by atoms with Crippen molar-refractivity contribution in [3.63, 3.8) is 0 Å². The number of hydrogen-bond donors (Lipinski definition) is 4. The lowest BCUT2D eigenvalue weighted by Gasteiger charge is -2.13. The van der Waals surface area contributed by atoms with E-state index in [1.165, 1.54) is 23.0 Å². The van der Waals surface area contributed by atoms with E-state index in [2.05, 4.69) is 10.6 Å². The molecule has 0 spiro atoms. The maximum Gasteiger partial charge on any atom is 0.256 e. The Bertz CT molecular complexity index is 1180. The number of hydrazine groups is 1. The number of nitrogens with two attached hydrogens (primary N) is 2. The smallest absolute Gasteiger partial charge is 0.256 e. The molecule has 162 valence electrons. The van der Waals surface area contributed by atoms with Crippen LogP contribution in [0.15, 0.2) is 88.9 Å². The van der Waals surface area contributed by atoms with Crippen LogP contribution in [0.25, 0.3) is 0 Å². The van der Waals surface area contributed by atoms with Gasteiger partial charge < -0.3 is 16.4 Å². The second kappa shape index (κ2) is 9.59. The lowest BCUT2D eigenvalue weighted by Crippen LogP contribution is -2.26. The predicted octanol–water partition coefficient (Wildman–Crippen LogP) is 3.49. The average Bonchev–Trinajstić information content (AvgIpc) is 2.95. The van der Waals surface area contributed by atoms with Crippen molar-refractivity contribution in [2.75, 3.05) is 16.9 Å². The fourth-order valence-electron chi connectivity index (χ4n) is 3.35. The average molecular weight is 446 g/mol. The van der Waals surface area contributed by atoms with Crippen molar-refractivity contribution < 1.29 is 9.59 Å². The van der Waals surface area contributed by atoms with Crippen molar-refractivity contribution in [3.05, 3.63) is 95.8 Å². The van der Waals surface area contributed by atoms with Gasteiger partial charge in [-0.3, -0.25) is 14.6 Å². The van der Waals surface area contributed by atoms with Crippen LogP contribution in [0, 0.1) is 0 Å². The molecule has 0 saturated carbocycles. The van der Waals surface area contributed by atoms with Gasteiger partial charge in [-0.1, -0.05) is 36.0 Å². The summed E-state index contributed by atoms with van der Waals surface area (Å²) in [6.07, 6.45) is 3.61. The maximum absolute atomic E-state index is 12.6. The van der Waals surface area contributed by atoms with Gasteiger partial charge in [0.05, 0.1) is 16.9 Å². The predicted molar refractivity (Wildman–Crippen MR) is 127 cm³/mol. The van der Waals surface area contributed by atoms with Crippen LogP contribution in [0.2, 0.25) is 0 Å². The van der Waals surface area contributed by atoms with Crippen molar-refractivity contribution in [1.29, 1.82) is 0 Å². The highest BCUT2D eigenvalue weighted by atomic mass is 32.2. The van der Waals surface area contributed by atoms with Gasteiger partial charge in [-0.05, 0) is 54.4 Å². The summed E-state index contributed by atoms with van der Waals surface area (Å²) in [6, 6.07) is 20.5. The molecule has 0 unspecified atom stereocenters. The lowest BCUT2D eigenvalue weighted by atomic mass is 10.1. The zero-order valence-corrected chi connectivity index (χ0v) is 18.1. The molecule has 0 aliphatic carbocycles. The third-order valence-electron chi connectivity index (χ3n) is 5.02. The molecule has 0 atom stereocenters. The first-order valence-electron chi connectivity index (χ1n) is 10.1. The van der Waals surface area contributed by atoms with Crippen LogP contribution < -0.4 is 27.2 Å². The van der Waals surface area contributed by atoms with Gasteiger partial charge in [-0.15, -0.1) is 0 Å². The largest absolute Gasteiger partial charge is 0.403 e. The van der Waals surface area contributed by atoms with Crippen molar-refractivity contribution in [1.82, 2.24) is 5.32 Å². The van der Waals surface area contributed by atoms with E-state index in [1.54, 1.807) is 24.4 Å². The van der Waals surface area contributed by atoms with Crippen molar-refractivity contribution in [2.45, 2.75) is 16.2 Å². The molecule has 0 saturated heterocycles. The molecule has 8 heteroatoms. The van der Waals surface area contributed by atoms with Crippen LogP contribution in [-0.4, -0.2) is 18.4 Å². The van der Waals surface area contributed by atoms with E-state index in [4.69, 9.17) is 11.6 Å². The summed E-state index contributed by atoms with van der Waals surface area (Å²) in [7, 11) is 0.